The Hall–Kier alpha value is 0.177. The highest BCUT2D eigenvalue weighted by molar-refractivity contribution is 6.72. The average Bonchev–Trinajstić information content (AvgIpc) is 2.26. The zero-order chi connectivity index (χ0) is 13.1. The molecule has 0 atom stereocenters. The van der Waals surface area contributed by atoms with Gasteiger partial charge in [0.15, 0.2) is 8.32 Å². The molecule has 0 unspecified atom stereocenters. The van der Waals surface area contributed by atoms with Gasteiger partial charge in [0.1, 0.15) is 0 Å². The van der Waals surface area contributed by atoms with Crippen LogP contribution in [0.2, 0.25) is 18.6 Å². The van der Waals surface area contributed by atoms with Crippen molar-refractivity contribution < 1.29 is 4.43 Å². The van der Waals surface area contributed by atoms with Gasteiger partial charge in [-0.3, -0.25) is 0 Å². The highest BCUT2D eigenvalue weighted by Gasteiger charge is 2.26. The summed E-state index contributed by atoms with van der Waals surface area (Å²) >= 11 is 0. The first-order chi connectivity index (χ1) is 8.00. The van der Waals surface area contributed by atoms with Gasteiger partial charge in [-0.05, 0) is 25.1 Å². The van der Waals surface area contributed by atoms with Crippen molar-refractivity contribution in [3.63, 3.8) is 0 Å². The Bertz CT molecular complexity index is 166. The number of rotatable bonds is 11. The maximum absolute atomic E-state index is 6.07. The summed E-state index contributed by atoms with van der Waals surface area (Å²) < 4.78 is 6.07. The van der Waals surface area contributed by atoms with E-state index in [0.717, 1.165) is 12.1 Å². The second-order valence-corrected chi connectivity index (χ2v) is 10.7. The first-order valence-electron chi connectivity index (χ1n) is 7.64. The molecule has 2 heteroatoms. The highest BCUT2D eigenvalue weighted by Crippen LogP contribution is 2.21. The van der Waals surface area contributed by atoms with Gasteiger partial charge in [0.05, 0.1) is 0 Å². The lowest BCUT2D eigenvalue weighted by atomic mass is 10.1. The van der Waals surface area contributed by atoms with E-state index in [1.54, 1.807) is 0 Å². The minimum absolute atomic E-state index is 0.733. The van der Waals surface area contributed by atoms with Crippen LogP contribution < -0.4 is 0 Å². The van der Waals surface area contributed by atoms with Crippen molar-refractivity contribution in [1.82, 2.24) is 0 Å². The first kappa shape index (κ1) is 17.2. The molecule has 0 aromatic heterocycles. The summed E-state index contributed by atoms with van der Waals surface area (Å²) in [5, 5.41) is 0. The Labute approximate surface area is 110 Å². The third kappa shape index (κ3) is 9.84. The average molecular weight is 259 g/mol. The zero-order valence-electron chi connectivity index (χ0n) is 12.8. The zero-order valence-corrected chi connectivity index (χ0v) is 13.8. The number of hydrogen-bond acceptors (Lipinski definition) is 1. The topological polar surface area (TPSA) is 9.23 Å². The van der Waals surface area contributed by atoms with Crippen LogP contribution in [-0.4, -0.2) is 14.9 Å². The van der Waals surface area contributed by atoms with Crippen LogP contribution in [0.15, 0.2) is 0 Å². The molecule has 0 aliphatic rings. The molecule has 0 N–H and O–H groups in total. The highest BCUT2D eigenvalue weighted by atomic mass is 28.4. The largest absolute Gasteiger partial charge is 0.417 e. The van der Waals surface area contributed by atoms with Gasteiger partial charge in [-0.1, -0.05) is 65.7 Å². The standard InChI is InChI=1S/C15H34OSi/c1-6-7-8-9-10-11-12-13-14-16-17(4,5)15(2)3/h15H,6-14H2,1-5H3. The lowest BCUT2D eigenvalue weighted by Gasteiger charge is -2.26. The Kier molecular flexibility index (Phi) is 10.2. The molecule has 0 radical (unpaired) electrons. The van der Waals surface area contributed by atoms with E-state index in [1.807, 2.05) is 0 Å². The smallest absolute Gasteiger partial charge is 0.189 e. The van der Waals surface area contributed by atoms with E-state index in [9.17, 15) is 0 Å². The number of unbranched alkanes of at least 4 members (excludes halogenated alkanes) is 7. The van der Waals surface area contributed by atoms with Crippen LogP contribution in [0.3, 0.4) is 0 Å². The molecule has 104 valence electrons. The third-order valence-electron chi connectivity index (χ3n) is 3.86. The monoisotopic (exact) mass is 258 g/mol. The van der Waals surface area contributed by atoms with Crippen LogP contribution in [0.5, 0.6) is 0 Å². The van der Waals surface area contributed by atoms with Crippen LogP contribution in [0, 0.1) is 0 Å². The first-order valence-corrected chi connectivity index (χ1v) is 10.6. The summed E-state index contributed by atoms with van der Waals surface area (Å²) in [4.78, 5) is 0. The van der Waals surface area contributed by atoms with Gasteiger partial charge < -0.3 is 4.43 Å². The normalized spacial score (nSPS) is 12.4. The van der Waals surface area contributed by atoms with Gasteiger partial charge >= 0.3 is 0 Å². The molecular formula is C15H34OSi. The molecule has 0 spiro atoms. The molecule has 0 heterocycles. The van der Waals surface area contributed by atoms with Gasteiger partial charge in [0.2, 0.25) is 0 Å². The van der Waals surface area contributed by atoms with Gasteiger partial charge in [-0.2, -0.15) is 0 Å². The van der Waals surface area contributed by atoms with Crippen LogP contribution in [0.1, 0.15) is 72.1 Å². The summed E-state index contributed by atoms with van der Waals surface area (Å²) in [5.74, 6) is 0. The fourth-order valence-corrected chi connectivity index (χ4v) is 2.74. The number of hydrogen-bond donors (Lipinski definition) is 0. The maximum Gasteiger partial charge on any atom is 0.189 e. The molecule has 17 heavy (non-hydrogen) atoms. The molecule has 0 rings (SSSR count). The van der Waals surface area contributed by atoms with Crippen LogP contribution in [0.25, 0.3) is 0 Å². The molecule has 0 aliphatic carbocycles. The second-order valence-electron chi connectivity index (χ2n) is 6.08. The van der Waals surface area contributed by atoms with Crippen LogP contribution >= 0.6 is 0 Å². The molecule has 0 saturated heterocycles. The minimum atomic E-state index is -1.37. The van der Waals surface area contributed by atoms with E-state index >= 15 is 0 Å². The third-order valence-corrected chi connectivity index (χ3v) is 7.59. The van der Waals surface area contributed by atoms with Gasteiger partial charge in [-0.25, -0.2) is 0 Å². The molecule has 0 bridgehead atoms. The summed E-state index contributed by atoms with van der Waals surface area (Å²) in [6.07, 6.45) is 11.1. The van der Waals surface area contributed by atoms with E-state index in [2.05, 4.69) is 33.9 Å². The predicted octanol–water partition coefficient (Wildman–Crippen LogP) is 5.76. The van der Waals surface area contributed by atoms with Crippen LogP contribution in [0.4, 0.5) is 0 Å². The van der Waals surface area contributed by atoms with E-state index in [-0.39, 0.29) is 0 Å². The lowest BCUT2D eigenvalue weighted by Crippen LogP contribution is -2.34. The van der Waals surface area contributed by atoms with E-state index < -0.39 is 8.32 Å². The molecule has 0 saturated carbocycles. The fourth-order valence-electron chi connectivity index (χ4n) is 1.74. The molecule has 0 aliphatic heterocycles. The van der Waals surface area contributed by atoms with E-state index in [0.29, 0.717) is 0 Å². The molecule has 0 fully saturated rings. The van der Waals surface area contributed by atoms with Crippen molar-refractivity contribution in [3.05, 3.63) is 0 Å². The van der Waals surface area contributed by atoms with Crippen molar-refractivity contribution in [3.8, 4) is 0 Å². The maximum atomic E-state index is 6.07. The summed E-state index contributed by atoms with van der Waals surface area (Å²) in [7, 11) is -1.37. The van der Waals surface area contributed by atoms with Gasteiger partial charge in [0.25, 0.3) is 0 Å². The summed E-state index contributed by atoms with van der Waals surface area (Å²) in [6, 6.07) is 0. The minimum Gasteiger partial charge on any atom is -0.417 e. The lowest BCUT2D eigenvalue weighted by molar-refractivity contribution is 0.289. The van der Waals surface area contributed by atoms with Crippen molar-refractivity contribution >= 4 is 8.32 Å². The fraction of sp³-hybridized carbons (Fsp3) is 1.00. The van der Waals surface area contributed by atoms with E-state index in [4.69, 9.17) is 4.43 Å². The predicted molar refractivity (Wildman–Crippen MR) is 81.1 cm³/mol. The second kappa shape index (κ2) is 10.1. The Morgan fingerprint density at radius 3 is 1.76 bits per heavy atom. The van der Waals surface area contributed by atoms with Crippen LogP contribution in [-0.2, 0) is 4.43 Å². The Balaban J connectivity index is 3.24. The van der Waals surface area contributed by atoms with Crippen molar-refractivity contribution in [2.24, 2.45) is 0 Å². The van der Waals surface area contributed by atoms with Crippen molar-refractivity contribution in [2.75, 3.05) is 6.61 Å². The molecule has 0 amide bonds. The quantitative estimate of drug-likeness (QED) is 0.338. The Morgan fingerprint density at radius 1 is 0.824 bits per heavy atom. The van der Waals surface area contributed by atoms with E-state index in [1.165, 1.54) is 51.4 Å². The van der Waals surface area contributed by atoms with Crippen molar-refractivity contribution in [2.45, 2.75) is 90.8 Å². The molecule has 0 aromatic rings. The molecule has 1 nitrogen and oxygen atoms in total. The van der Waals surface area contributed by atoms with Gasteiger partial charge in [0, 0.05) is 6.61 Å². The SMILES string of the molecule is CCCCCCCCCCO[Si](C)(C)C(C)C. The summed E-state index contributed by atoms with van der Waals surface area (Å²) in [5.41, 5.74) is 0.733. The van der Waals surface area contributed by atoms with Gasteiger partial charge in [-0.15, -0.1) is 0 Å². The molecule has 0 aromatic carbocycles. The Morgan fingerprint density at radius 2 is 1.29 bits per heavy atom. The van der Waals surface area contributed by atoms with Crippen molar-refractivity contribution in [1.29, 1.82) is 0 Å². The summed E-state index contributed by atoms with van der Waals surface area (Å²) in [6.45, 7) is 12.5. The molecular weight excluding hydrogens is 224 g/mol.